The molecule has 5 heteroatoms. The van der Waals surface area contributed by atoms with Crippen molar-refractivity contribution in [3.8, 4) is 11.5 Å². The van der Waals surface area contributed by atoms with Crippen LogP contribution in [-0.4, -0.2) is 25.9 Å². The lowest BCUT2D eigenvalue weighted by molar-refractivity contribution is -0.121. The lowest BCUT2D eigenvalue weighted by Gasteiger charge is -2.18. The van der Waals surface area contributed by atoms with E-state index in [4.69, 9.17) is 9.47 Å². The Morgan fingerprint density at radius 1 is 1.00 bits per heavy atom. The molecule has 1 unspecified atom stereocenters. The van der Waals surface area contributed by atoms with Crippen LogP contribution < -0.4 is 14.8 Å². The smallest absolute Gasteiger partial charge is 0.220 e. The highest BCUT2D eigenvalue weighted by Gasteiger charge is 2.16. The van der Waals surface area contributed by atoms with Crippen molar-refractivity contribution in [2.75, 3.05) is 14.2 Å². The number of Topliss-reactive ketones (excluding diaryl/α,β-unsaturated/α-hetero) is 1. The third-order valence-corrected chi connectivity index (χ3v) is 4.67. The molecule has 1 atom stereocenters. The number of amides is 1. The van der Waals surface area contributed by atoms with Gasteiger partial charge in [-0.2, -0.15) is 0 Å². The highest BCUT2D eigenvalue weighted by Crippen LogP contribution is 2.29. The van der Waals surface area contributed by atoms with Gasteiger partial charge in [0.2, 0.25) is 5.91 Å². The standard InChI is InChI=1S/C23H29NO4/c1-5-6-17-7-9-18(10-8-17)21(25)12-14-23(26)24-16(2)20-15-19(27-3)11-13-22(20)28-4/h7-11,13,15-16H,5-6,12,14H2,1-4H3,(H,24,26). The molecule has 1 N–H and O–H groups in total. The van der Waals surface area contributed by atoms with E-state index in [0.717, 1.165) is 18.4 Å². The van der Waals surface area contributed by atoms with Gasteiger partial charge in [-0.3, -0.25) is 9.59 Å². The molecule has 5 nitrogen and oxygen atoms in total. The van der Waals surface area contributed by atoms with Crippen LogP contribution in [0.25, 0.3) is 0 Å². The second kappa shape index (κ2) is 10.5. The first-order valence-corrected chi connectivity index (χ1v) is 9.61. The summed E-state index contributed by atoms with van der Waals surface area (Å²) >= 11 is 0. The minimum Gasteiger partial charge on any atom is -0.497 e. The topological polar surface area (TPSA) is 64.6 Å². The Morgan fingerprint density at radius 3 is 2.32 bits per heavy atom. The van der Waals surface area contributed by atoms with Crippen molar-refractivity contribution in [1.29, 1.82) is 0 Å². The van der Waals surface area contributed by atoms with E-state index in [2.05, 4.69) is 12.2 Å². The molecule has 1 amide bonds. The Morgan fingerprint density at radius 2 is 1.71 bits per heavy atom. The molecular weight excluding hydrogens is 354 g/mol. The monoisotopic (exact) mass is 383 g/mol. The number of nitrogens with one attached hydrogen (secondary N) is 1. The van der Waals surface area contributed by atoms with Crippen LogP contribution in [0.4, 0.5) is 0 Å². The van der Waals surface area contributed by atoms with E-state index < -0.39 is 0 Å². The number of hydrogen-bond donors (Lipinski definition) is 1. The number of ketones is 1. The first-order chi connectivity index (χ1) is 13.5. The largest absolute Gasteiger partial charge is 0.497 e. The normalized spacial score (nSPS) is 11.6. The number of hydrogen-bond acceptors (Lipinski definition) is 4. The van der Waals surface area contributed by atoms with Gasteiger partial charge in [-0.1, -0.05) is 37.6 Å². The summed E-state index contributed by atoms with van der Waals surface area (Å²) in [5, 5.41) is 2.93. The Hall–Kier alpha value is -2.82. The SMILES string of the molecule is CCCc1ccc(C(=O)CCC(=O)NC(C)c2cc(OC)ccc2OC)cc1. The van der Waals surface area contributed by atoms with Crippen LogP contribution in [0.3, 0.4) is 0 Å². The van der Waals surface area contributed by atoms with Crippen LogP contribution in [0, 0.1) is 0 Å². The highest BCUT2D eigenvalue weighted by molar-refractivity contribution is 5.98. The molecule has 0 aliphatic rings. The molecule has 0 aliphatic heterocycles. The summed E-state index contributed by atoms with van der Waals surface area (Å²) in [7, 11) is 3.18. The first kappa shape index (κ1) is 21.5. The number of benzene rings is 2. The quantitative estimate of drug-likeness (QED) is 0.614. The van der Waals surface area contributed by atoms with Gasteiger partial charge >= 0.3 is 0 Å². The molecule has 2 aromatic carbocycles. The summed E-state index contributed by atoms with van der Waals surface area (Å²) in [5.41, 5.74) is 2.70. The van der Waals surface area contributed by atoms with E-state index in [1.807, 2.05) is 43.3 Å². The van der Waals surface area contributed by atoms with Gasteiger partial charge in [0, 0.05) is 24.0 Å². The molecule has 0 aliphatic carbocycles. The molecule has 0 heterocycles. The zero-order chi connectivity index (χ0) is 20.5. The highest BCUT2D eigenvalue weighted by atomic mass is 16.5. The van der Waals surface area contributed by atoms with Crippen molar-refractivity contribution in [2.45, 2.75) is 45.6 Å². The molecular formula is C23H29NO4. The van der Waals surface area contributed by atoms with Crippen molar-refractivity contribution in [3.63, 3.8) is 0 Å². The number of aryl methyl sites for hydroxylation is 1. The molecule has 150 valence electrons. The fraction of sp³-hybridized carbons (Fsp3) is 0.391. The lowest BCUT2D eigenvalue weighted by Crippen LogP contribution is -2.27. The Kier molecular flexibility index (Phi) is 8.05. The minimum absolute atomic E-state index is 0.0233. The summed E-state index contributed by atoms with van der Waals surface area (Å²) in [6.45, 7) is 4.00. The van der Waals surface area contributed by atoms with Gasteiger partial charge in [0.1, 0.15) is 11.5 Å². The lowest BCUT2D eigenvalue weighted by atomic mass is 10.0. The molecule has 2 rings (SSSR count). The summed E-state index contributed by atoms with van der Waals surface area (Å²) in [6, 6.07) is 12.8. The van der Waals surface area contributed by atoms with Gasteiger partial charge in [-0.25, -0.2) is 0 Å². The zero-order valence-electron chi connectivity index (χ0n) is 17.1. The average molecular weight is 383 g/mol. The first-order valence-electron chi connectivity index (χ1n) is 9.61. The maximum atomic E-state index is 12.3. The van der Waals surface area contributed by atoms with E-state index in [0.29, 0.717) is 17.1 Å². The number of carbonyl (C=O) groups is 2. The molecule has 0 bridgehead atoms. The molecule has 0 aromatic heterocycles. The van der Waals surface area contributed by atoms with Gasteiger partial charge < -0.3 is 14.8 Å². The number of carbonyl (C=O) groups excluding carboxylic acids is 2. The van der Waals surface area contributed by atoms with Crippen molar-refractivity contribution < 1.29 is 19.1 Å². The summed E-state index contributed by atoms with van der Waals surface area (Å²) < 4.78 is 10.6. The van der Waals surface area contributed by atoms with Crippen molar-refractivity contribution in [3.05, 3.63) is 59.2 Å². The van der Waals surface area contributed by atoms with Crippen LogP contribution in [-0.2, 0) is 11.2 Å². The number of rotatable bonds is 10. The summed E-state index contributed by atoms with van der Waals surface area (Å²) in [4.78, 5) is 24.7. The van der Waals surface area contributed by atoms with E-state index >= 15 is 0 Å². The average Bonchev–Trinajstić information content (AvgIpc) is 2.72. The van der Waals surface area contributed by atoms with Gasteiger partial charge in [0.15, 0.2) is 5.78 Å². The molecule has 0 saturated carbocycles. The van der Waals surface area contributed by atoms with E-state index in [1.165, 1.54) is 5.56 Å². The van der Waals surface area contributed by atoms with Crippen LogP contribution in [0.2, 0.25) is 0 Å². The molecule has 28 heavy (non-hydrogen) atoms. The molecule has 0 spiro atoms. The van der Waals surface area contributed by atoms with Crippen molar-refractivity contribution in [1.82, 2.24) is 5.32 Å². The molecule has 2 aromatic rings. The second-order valence-electron chi connectivity index (χ2n) is 6.77. The Labute approximate surface area is 167 Å². The Bertz CT molecular complexity index is 799. The van der Waals surface area contributed by atoms with E-state index in [1.54, 1.807) is 20.3 Å². The molecule has 0 radical (unpaired) electrons. The maximum Gasteiger partial charge on any atom is 0.220 e. The van der Waals surface area contributed by atoms with Gasteiger partial charge in [0.25, 0.3) is 0 Å². The van der Waals surface area contributed by atoms with Crippen LogP contribution in [0.15, 0.2) is 42.5 Å². The van der Waals surface area contributed by atoms with Crippen molar-refractivity contribution >= 4 is 11.7 Å². The molecule has 0 saturated heterocycles. The minimum atomic E-state index is -0.263. The van der Waals surface area contributed by atoms with Gasteiger partial charge in [0.05, 0.1) is 20.3 Å². The Balaban J connectivity index is 1.92. The predicted molar refractivity (Wildman–Crippen MR) is 110 cm³/mol. The fourth-order valence-corrected chi connectivity index (χ4v) is 3.09. The molecule has 0 fully saturated rings. The van der Waals surface area contributed by atoms with Crippen molar-refractivity contribution in [2.24, 2.45) is 0 Å². The van der Waals surface area contributed by atoms with Crippen LogP contribution in [0.5, 0.6) is 11.5 Å². The maximum absolute atomic E-state index is 12.3. The van der Waals surface area contributed by atoms with E-state index in [-0.39, 0.29) is 30.6 Å². The van der Waals surface area contributed by atoms with Gasteiger partial charge in [-0.15, -0.1) is 0 Å². The number of methoxy groups -OCH3 is 2. The third-order valence-electron chi connectivity index (χ3n) is 4.67. The van der Waals surface area contributed by atoms with E-state index in [9.17, 15) is 9.59 Å². The predicted octanol–water partition coefficient (Wildman–Crippen LogP) is 4.50. The van der Waals surface area contributed by atoms with Crippen LogP contribution in [0.1, 0.15) is 60.6 Å². The summed E-state index contributed by atoms with van der Waals surface area (Å²) in [6.07, 6.45) is 2.40. The third kappa shape index (κ3) is 5.84. The number of ether oxygens (including phenoxy) is 2. The fourth-order valence-electron chi connectivity index (χ4n) is 3.09. The van der Waals surface area contributed by atoms with Gasteiger partial charge in [-0.05, 0) is 37.1 Å². The summed E-state index contributed by atoms with van der Waals surface area (Å²) in [5.74, 6) is 1.17. The zero-order valence-corrected chi connectivity index (χ0v) is 17.1. The van der Waals surface area contributed by atoms with Crippen LogP contribution >= 0.6 is 0 Å². The second-order valence-corrected chi connectivity index (χ2v) is 6.77.